The molecule has 0 atom stereocenters. The number of hydrogen-bond donors (Lipinski definition) is 0. The minimum absolute atomic E-state index is 0.248. The summed E-state index contributed by atoms with van der Waals surface area (Å²) in [5.74, 6) is 0. The first-order valence-electron chi connectivity index (χ1n) is 23.5. The number of fused-ring (bicyclic) bond motifs is 16. The summed E-state index contributed by atoms with van der Waals surface area (Å²) in [5, 5.41) is 22.6. The predicted molar refractivity (Wildman–Crippen MR) is 287 cm³/mol. The van der Waals surface area contributed by atoms with E-state index in [0.29, 0.717) is 11.4 Å². The summed E-state index contributed by atoms with van der Waals surface area (Å²) in [7, 11) is 0. The highest BCUT2D eigenvalue weighted by molar-refractivity contribution is 6.25. The quantitative estimate of drug-likeness (QED) is 0.165. The molecule has 0 amide bonds. The summed E-state index contributed by atoms with van der Waals surface area (Å²) in [4.78, 5) is 4.56. The summed E-state index contributed by atoms with van der Waals surface area (Å²) >= 11 is 0. The van der Waals surface area contributed by atoms with Crippen LogP contribution in [-0.4, -0.2) is 18.3 Å². The molecule has 0 aliphatic heterocycles. The number of para-hydroxylation sites is 7. The molecule has 0 fully saturated rings. The number of hydrogen-bond acceptors (Lipinski definition) is 2. The van der Waals surface area contributed by atoms with Gasteiger partial charge in [0.1, 0.15) is 11.2 Å². The average molecular weight is 893 g/mol. The first-order chi connectivity index (χ1) is 34.6. The van der Waals surface area contributed by atoms with Crippen LogP contribution in [0.1, 0.15) is 11.1 Å². The van der Waals surface area contributed by atoms with E-state index in [1.807, 2.05) is 18.2 Å². The fourth-order valence-corrected chi connectivity index (χ4v) is 11.9. The van der Waals surface area contributed by atoms with Gasteiger partial charge >= 0.3 is 0 Å². The summed E-state index contributed by atoms with van der Waals surface area (Å²) in [5.41, 5.74) is 13.4. The van der Waals surface area contributed by atoms with E-state index >= 15 is 0 Å². The van der Waals surface area contributed by atoms with Gasteiger partial charge in [-0.2, -0.15) is 5.26 Å². The van der Waals surface area contributed by atoms with Gasteiger partial charge in [0.15, 0.2) is 0 Å². The van der Waals surface area contributed by atoms with E-state index in [4.69, 9.17) is 4.42 Å². The highest BCUT2D eigenvalue weighted by atomic mass is 16.3. The van der Waals surface area contributed by atoms with E-state index < -0.39 is 0 Å². The molecule has 0 spiro atoms. The number of aryl methyl sites for hydroxylation is 1. The van der Waals surface area contributed by atoms with E-state index in [1.54, 1.807) is 0 Å². The Hall–Kier alpha value is -9.82. The molecule has 7 heteroatoms. The van der Waals surface area contributed by atoms with E-state index in [2.05, 4.69) is 218 Å². The SMILES string of the molecule is [C-]#[N+]c1c(C#N)c(-n2c3ccc(C)cc3c3c4oc5ccccc5c4ccc32)c(-n2c3ccccc3c3ccccc32)c(-n2c3ccccc3c3ccccc32)c1-n1c2ccccc2c2ccccc21. The van der Waals surface area contributed by atoms with E-state index in [1.165, 1.54) is 0 Å². The molecule has 70 heavy (non-hydrogen) atoms. The molecule has 5 heterocycles. The van der Waals surface area contributed by atoms with Crippen LogP contribution in [0, 0.1) is 24.8 Å². The van der Waals surface area contributed by atoms with E-state index in [-0.39, 0.29) is 11.3 Å². The highest BCUT2D eigenvalue weighted by Crippen LogP contribution is 2.52. The van der Waals surface area contributed by atoms with Crippen molar-refractivity contribution in [1.29, 1.82) is 5.26 Å². The second-order valence-corrected chi connectivity index (χ2v) is 18.2. The fourth-order valence-electron chi connectivity index (χ4n) is 11.9. The van der Waals surface area contributed by atoms with Crippen molar-refractivity contribution in [2.45, 2.75) is 6.92 Å². The van der Waals surface area contributed by atoms with Gasteiger partial charge in [0.05, 0.1) is 90.5 Å². The van der Waals surface area contributed by atoms with Crippen molar-refractivity contribution >= 4 is 115 Å². The molecule has 15 aromatic rings. The number of rotatable bonds is 4. The van der Waals surface area contributed by atoms with Crippen molar-refractivity contribution in [1.82, 2.24) is 18.3 Å². The van der Waals surface area contributed by atoms with Gasteiger partial charge in [0.25, 0.3) is 0 Å². The Morgan fingerprint density at radius 3 is 1.26 bits per heavy atom. The molecule has 0 saturated carbocycles. The van der Waals surface area contributed by atoms with Gasteiger partial charge in [-0.25, -0.2) is 4.85 Å². The molecule has 0 aliphatic rings. The van der Waals surface area contributed by atoms with Crippen molar-refractivity contribution < 1.29 is 4.42 Å². The number of benzene rings is 10. The van der Waals surface area contributed by atoms with Crippen LogP contribution in [0.25, 0.3) is 137 Å². The molecule has 0 unspecified atom stereocenters. The van der Waals surface area contributed by atoms with Crippen LogP contribution in [0.2, 0.25) is 0 Å². The van der Waals surface area contributed by atoms with Crippen LogP contribution in [-0.2, 0) is 0 Å². The number of furan rings is 1. The molecule has 7 nitrogen and oxygen atoms in total. The number of nitriles is 1. The molecule has 15 rings (SSSR count). The molecule has 0 N–H and O–H groups in total. The van der Waals surface area contributed by atoms with Gasteiger partial charge in [0.2, 0.25) is 5.69 Å². The second kappa shape index (κ2) is 14.1. The number of aromatic nitrogens is 4. The van der Waals surface area contributed by atoms with Crippen molar-refractivity contribution in [3.05, 3.63) is 223 Å². The lowest BCUT2D eigenvalue weighted by Gasteiger charge is -2.28. The third kappa shape index (κ3) is 4.89. The molecule has 0 radical (unpaired) electrons. The summed E-state index contributed by atoms with van der Waals surface area (Å²) < 4.78 is 16.1. The first-order valence-corrected chi connectivity index (χ1v) is 23.5. The van der Waals surface area contributed by atoms with Crippen LogP contribution in [0.15, 0.2) is 205 Å². The van der Waals surface area contributed by atoms with Crippen molar-refractivity contribution in [3.8, 4) is 28.8 Å². The normalized spacial score (nSPS) is 12.0. The van der Waals surface area contributed by atoms with Crippen LogP contribution < -0.4 is 0 Å². The molecular weight excluding hydrogens is 857 g/mol. The van der Waals surface area contributed by atoms with Gasteiger partial charge in [-0.1, -0.05) is 139 Å². The van der Waals surface area contributed by atoms with E-state index in [9.17, 15) is 11.8 Å². The maximum absolute atomic E-state index is 12.2. The minimum Gasteiger partial charge on any atom is -0.455 e. The second-order valence-electron chi connectivity index (χ2n) is 18.2. The molecular formula is C63H36N6O. The number of nitrogens with zero attached hydrogens (tertiary/aromatic N) is 6. The average Bonchev–Trinajstić information content (AvgIpc) is 4.21. The van der Waals surface area contributed by atoms with Crippen molar-refractivity contribution in [2.24, 2.45) is 0 Å². The lowest BCUT2D eigenvalue weighted by molar-refractivity contribution is 0.673. The standard InChI is InChI=1S/C63H36N6O/c1-37-31-33-54-46(35-37)57-55(34-32-45-44-23-9-16-30-56(44)70-63(45)57)69(54)59-47(36-64)58(65-2)60(66-48-24-10-3-17-38(48)39-18-4-11-25-49(39)66)62(68-52-28-14-7-21-42(52)43-22-8-15-29-53(43)68)61(59)67-50-26-12-5-19-40(50)41-20-6-13-27-51(41)67/h3-35H,1H3. The molecule has 0 bridgehead atoms. The van der Waals surface area contributed by atoms with Gasteiger partial charge in [-0.15, -0.1) is 0 Å². The maximum atomic E-state index is 12.2. The Labute approximate surface area is 399 Å². The molecule has 5 aromatic heterocycles. The lowest BCUT2D eigenvalue weighted by Crippen LogP contribution is -2.15. The Balaban J connectivity index is 1.29. The molecule has 10 aromatic carbocycles. The Morgan fingerprint density at radius 2 is 0.786 bits per heavy atom. The zero-order chi connectivity index (χ0) is 46.4. The van der Waals surface area contributed by atoms with Crippen LogP contribution >= 0.6 is 0 Å². The summed E-state index contributed by atoms with van der Waals surface area (Å²) in [6, 6.07) is 72.8. The Bertz CT molecular complexity index is 4720. The van der Waals surface area contributed by atoms with Crippen LogP contribution in [0.4, 0.5) is 5.69 Å². The zero-order valence-electron chi connectivity index (χ0n) is 37.6. The third-order valence-corrected chi connectivity index (χ3v) is 14.7. The molecule has 324 valence electrons. The monoisotopic (exact) mass is 892 g/mol. The highest BCUT2D eigenvalue weighted by Gasteiger charge is 2.35. The third-order valence-electron chi connectivity index (χ3n) is 14.7. The van der Waals surface area contributed by atoms with Gasteiger partial charge in [-0.3, -0.25) is 0 Å². The van der Waals surface area contributed by atoms with Crippen molar-refractivity contribution in [3.63, 3.8) is 0 Å². The predicted octanol–water partition coefficient (Wildman–Crippen LogP) is 16.7. The van der Waals surface area contributed by atoms with Gasteiger partial charge in [-0.05, 0) is 73.7 Å². The zero-order valence-corrected chi connectivity index (χ0v) is 37.6. The summed E-state index contributed by atoms with van der Waals surface area (Å²) in [6.45, 7) is 11.6. The fraction of sp³-hybridized carbons (Fsp3) is 0.0159. The minimum atomic E-state index is 0.248. The maximum Gasteiger partial charge on any atom is 0.232 e. The van der Waals surface area contributed by atoms with Gasteiger partial charge < -0.3 is 22.7 Å². The smallest absolute Gasteiger partial charge is 0.232 e. The largest absolute Gasteiger partial charge is 0.455 e. The topological polar surface area (TPSA) is 61.0 Å². The Kier molecular flexibility index (Phi) is 7.72. The van der Waals surface area contributed by atoms with Crippen LogP contribution in [0.5, 0.6) is 0 Å². The van der Waals surface area contributed by atoms with E-state index in [0.717, 1.165) is 126 Å². The molecule has 0 saturated heterocycles. The lowest BCUT2D eigenvalue weighted by atomic mass is 10.0. The van der Waals surface area contributed by atoms with Crippen molar-refractivity contribution in [2.75, 3.05) is 0 Å². The Morgan fingerprint density at radius 1 is 0.400 bits per heavy atom. The summed E-state index contributed by atoms with van der Waals surface area (Å²) in [6.07, 6.45) is 0. The van der Waals surface area contributed by atoms with Crippen LogP contribution in [0.3, 0.4) is 0 Å². The first kappa shape index (κ1) is 38.3. The van der Waals surface area contributed by atoms with Gasteiger partial charge in [0, 0.05) is 48.5 Å². The molecule has 0 aliphatic carbocycles.